The lowest BCUT2D eigenvalue weighted by Crippen LogP contribution is -2.29. The molecule has 0 fully saturated rings. The molecule has 4 heteroatoms. The second kappa shape index (κ2) is 11.0. The van der Waals surface area contributed by atoms with Gasteiger partial charge in [0.25, 0.3) is 0 Å². The summed E-state index contributed by atoms with van der Waals surface area (Å²) < 4.78 is 10.7. The second-order valence-electron chi connectivity index (χ2n) is 11.7. The van der Waals surface area contributed by atoms with Gasteiger partial charge in [0.1, 0.15) is 0 Å². The Morgan fingerprint density at radius 1 is 0.750 bits per heavy atom. The van der Waals surface area contributed by atoms with E-state index in [1.54, 1.807) is 0 Å². The molecule has 0 aliphatic heterocycles. The molecule has 0 amide bonds. The van der Waals surface area contributed by atoms with Gasteiger partial charge in [-0.3, -0.25) is 9.59 Å². The van der Waals surface area contributed by atoms with E-state index in [4.69, 9.17) is 9.47 Å². The molecule has 0 N–H and O–H groups in total. The van der Waals surface area contributed by atoms with Crippen molar-refractivity contribution in [3.8, 4) is 0 Å². The molecular formula is C28H48O4. The third-order valence-corrected chi connectivity index (χ3v) is 8.19. The van der Waals surface area contributed by atoms with Crippen LogP contribution in [0.5, 0.6) is 0 Å². The molecule has 2 aliphatic rings. The smallest absolute Gasteiger partial charge is 0.308 e. The first-order valence-electron chi connectivity index (χ1n) is 12.2. The fourth-order valence-electron chi connectivity index (χ4n) is 4.37. The normalized spacial score (nSPS) is 28.1. The first kappa shape index (κ1) is 28.5. The van der Waals surface area contributed by atoms with Crippen molar-refractivity contribution in [1.82, 2.24) is 0 Å². The molecule has 0 heterocycles. The average Bonchev–Trinajstić information content (AvgIpc) is 3.02. The van der Waals surface area contributed by atoms with E-state index in [0.717, 1.165) is 0 Å². The van der Waals surface area contributed by atoms with Crippen LogP contribution in [0, 0.1) is 46.3 Å². The molecule has 184 valence electrons. The standard InChI is InChI=1S/2C14H24O2/c2*1-9(2)13(15)16-8-12-7-10(3)11(4)14(12,5)6/h2*7,9,11-12H,8H2,1-6H3/t11-,12+;11-,12-/m11/s1. The number of rotatable bonds is 6. The van der Waals surface area contributed by atoms with Gasteiger partial charge in [0.05, 0.1) is 25.0 Å². The Labute approximate surface area is 197 Å². The fraction of sp³-hybridized carbons (Fsp3) is 0.786. The average molecular weight is 449 g/mol. The topological polar surface area (TPSA) is 52.6 Å². The van der Waals surface area contributed by atoms with Crippen LogP contribution in [0.2, 0.25) is 0 Å². The summed E-state index contributed by atoms with van der Waals surface area (Å²) in [5.41, 5.74) is 3.22. The molecule has 0 saturated carbocycles. The maximum absolute atomic E-state index is 11.4. The quantitative estimate of drug-likeness (QED) is 0.329. The lowest BCUT2D eigenvalue weighted by atomic mass is 9.74. The highest BCUT2D eigenvalue weighted by Gasteiger charge is 2.41. The van der Waals surface area contributed by atoms with Crippen LogP contribution < -0.4 is 0 Å². The predicted octanol–water partition coefficient (Wildman–Crippen LogP) is 6.85. The van der Waals surface area contributed by atoms with E-state index in [1.807, 2.05) is 27.7 Å². The van der Waals surface area contributed by atoms with Gasteiger partial charge < -0.3 is 9.47 Å². The summed E-state index contributed by atoms with van der Waals surface area (Å²) in [6.07, 6.45) is 4.52. The SMILES string of the molecule is CC1=C[C@@H](COC(=O)C(C)C)C(C)(C)[C@@H]1C.CC1=C[C@H](COC(=O)C(C)C)C(C)(C)[C@@H]1C. The van der Waals surface area contributed by atoms with Crippen molar-refractivity contribution in [1.29, 1.82) is 0 Å². The number of allylic oxidation sites excluding steroid dienone is 2. The van der Waals surface area contributed by atoms with Crippen molar-refractivity contribution in [3.05, 3.63) is 23.3 Å². The molecule has 0 unspecified atom stereocenters. The summed E-state index contributed by atoms with van der Waals surface area (Å²) in [6, 6.07) is 0. The maximum Gasteiger partial charge on any atom is 0.308 e. The molecule has 2 rings (SSSR count). The van der Waals surface area contributed by atoms with E-state index in [0.29, 0.717) is 36.9 Å². The van der Waals surface area contributed by atoms with Gasteiger partial charge in [0, 0.05) is 11.8 Å². The lowest BCUT2D eigenvalue weighted by molar-refractivity contribution is -0.150. The summed E-state index contributed by atoms with van der Waals surface area (Å²) in [7, 11) is 0. The summed E-state index contributed by atoms with van der Waals surface area (Å²) in [6.45, 7) is 26.3. The molecule has 0 radical (unpaired) electrons. The second-order valence-corrected chi connectivity index (χ2v) is 11.7. The van der Waals surface area contributed by atoms with Gasteiger partial charge in [-0.05, 0) is 36.5 Å². The van der Waals surface area contributed by atoms with Crippen molar-refractivity contribution in [2.45, 2.75) is 83.1 Å². The van der Waals surface area contributed by atoms with E-state index in [-0.39, 0.29) is 34.6 Å². The largest absolute Gasteiger partial charge is 0.465 e. The zero-order valence-corrected chi connectivity index (χ0v) is 22.7. The summed E-state index contributed by atoms with van der Waals surface area (Å²) in [4.78, 5) is 22.9. The van der Waals surface area contributed by atoms with Crippen LogP contribution in [0.4, 0.5) is 0 Å². The zero-order valence-electron chi connectivity index (χ0n) is 22.7. The third-order valence-electron chi connectivity index (χ3n) is 8.19. The molecule has 0 spiro atoms. The van der Waals surface area contributed by atoms with Gasteiger partial charge in [-0.1, -0.05) is 92.5 Å². The van der Waals surface area contributed by atoms with Crippen molar-refractivity contribution in [2.75, 3.05) is 13.2 Å². The van der Waals surface area contributed by atoms with Gasteiger partial charge in [-0.2, -0.15) is 0 Å². The molecule has 0 saturated heterocycles. The van der Waals surface area contributed by atoms with Crippen LogP contribution >= 0.6 is 0 Å². The Bertz CT molecular complexity index is 662. The van der Waals surface area contributed by atoms with Gasteiger partial charge in [0.2, 0.25) is 0 Å². The minimum Gasteiger partial charge on any atom is -0.465 e. The van der Waals surface area contributed by atoms with Crippen LogP contribution in [0.25, 0.3) is 0 Å². The molecule has 2 aliphatic carbocycles. The number of hydrogen-bond acceptors (Lipinski definition) is 4. The van der Waals surface area contributed by atoms with Crippen molar-refractivity contribution >= 4 is 11.9 Å². The zero-order chi connectivity index (χ0) is 25.0. The number of ether oxygens (including phenoxy) is 2. The molecule has 32 heavy (non-hydrogen) atoms. The fourth-order valence-corrected chi connectivity index (χ4v) is 4.37. The summed E-state index contributed by atoms with van der Waals surface area (Å²) in [5.74, 6) is 1.57. The Balaban J connectivity index is 0.000000320. The van der Waals surface area contributed by atoms with Crippen molar-refractivity contribution in [2.24, 2.45) is 46.3 Å². The van der Waals surface area contributed by atoms with E-state index in [2.05, 4.69) is 67.5 Å². The first-order chi connectivity index (χ1) is 14.5. The van der Waals surface area contributed by atoms with E-state index in [1.165, 1.54) is 11.1 Å². The lowest BCUT2D eigenvalue weighted by Gasteiger charge is -2.32. The maximum atomic E-state index is 11.4. The molecule has 0 aromatic heterocycles. The number of carbonyl (C=O) groups excluding carboxylic acids is 2. The Kier molecular flexibility index (Phi) is 9.81. The van der Waals surface area contributed by atoms with Crippen molar-refractivity contribution < 1.29 is 19.1 Å². The van der Waals surface area contributed by atoms with E-state index >= 15 is 0 Å². The molecular weight excluding hydrogens is 400 g/mol. The van der Waals surface area contributed by atoms with Crippen LogP contribution in [0.15, 0.2) is 23.3 Å². The van der Waals surface area contributed by atoms with E-state index < -0.39 is 0 Å². The minimum absolute atomic E-state index is 0.0352. The highest BCUT2D eigenvalue weighted by atomic mass is 16.5. The van der Waals surface area contributed by atoms with Crippen LogP contribution in [0.1, 0.15) is 83.1 Å². The van der Waals surface area contributed by atoms with Crippen molar-refractivity contribution in [3.63, 3.8) is 0 Å². The Morgan fingerprint density at radius 2 is 1.03 bits per heavy atom. The van der Waals surface area contributed by atoms with Crippen LogP contribution in [0.3, 0.4) is 0 Å². The third kappa shape index (κ3) is 6.71. The monoisotopic (exact) mass is 448 g/mol. The number of esters is 2. The van der Waals surface area contributed by atoms with E-state index in [9.17, 15) is 9.59 Å². The predicted molar refractivity (Wildman–Crippen MR) is 132 cm³/mol. The van der Waals surface area contributed by atoms with Gasteiger partial charge in [0.15, 0.2) is 0 Å². The molecule has 0 bridgehead atoms. The van der Waals surface area contributed by atoms with Gasteiger partial charge in [-0.15, -0.1) is 0 Å². The molecule has 0 aromatic rings. The highest BCUT2D eigenvalue weighted by Crippen LogP contribution is 2.47. The summed E-state index contributed by atoms with van der Waals surface area (Å²) >= 11 is 0. The Morgan fingerprint density at radius 3 is 1.22 bits per heavy atom. The molecule has 4 atom stereocenters. The Hall–Kier alpha value is -1.58. The number of carbonyl (C=O) groups is 2. The van der Waals surface area contributed by atoms with Gasteiger partial charge >= 0.3 is 11.9 Å². The molecule has 4 nitrogen and oxygen atoms in total. The van der Waals surface area contributed by atoms with Crippen LogP contribution in [-0.4, -0.2) is 25.2 Å². The highest BCUT2D eigenvalue weighted by molar-refractivity contribution is 5.71. The van der Waals surface area contributed by atoms with Crippen LogP contribution in [-0.2, 0) is 19.1 Å². The van der Waals surface area contributed by atoms with Gasteiger partial charge in [-0.25, -0.2) is 0 Å². The number of hydrogen-bond donors (Lipinski definition) is 0. The minimum atomic E-state index is -0.0959. The first-order valence-corrected chi connectivity index (χ1v) is 12.2. The molecule has 0 aromatic carbocycles. The summed E-state index contributed by atoms with van der Waals surface area (Å²) in [5, 5.41) is 0.